The van der Waals surface area contributed by atoms with Gasteiger partial charge in [-0.05, 0) is 29.8 Å². The third-order valence-corrected chi connectivity index (χ3v) is 4.01. The van der Waals surface area contributed by atoms with Crippen LogP contribution in [-0.4, -0.2) is 17.1 Å². The molecule has 1 heterocycles. The van der Waals surface area contributed by atoms with Gasteiger partial charge in [-0.3, -0.25) is 4.79 Å². The number of hydrogen-bond donors (Lipinski definition) is 1. The first-order chi connectivity index (χ1) is 12.7. The SMILES string of the molecule is Cn1cc(C=CC(=O)NCc2cccc(OCC#N)c2)c2ccccc21. The summed E-state index contributed by atoms with van der Waals surface area (Å²) < 4.78 is 7.30. The molecule has 5 nitrogen and oxygen atoms in total. The van der Waals surface area contributed by atoms with Crippen molar-refractivity contribution in [1.29, 1.82) is 5.26 Å². The Bertz CT molecular complexity index is 996. The number of carbonyl (C=O) groups excluding carboxylic acids is 1. The molecule has 0 saturated carbocycles. The third kappa shape index (κ3) is 4.11. The molecule has 0 unspecified atom stereocenters. The fraction of sp³-hybridized carbons (Fsp3) is 0.143. The minimum Gasteiger partial charge on any atom is -0.479 e. The van der Waals surface area contributed by atoms with Crippen LogP contribution in [0.25, 0.3) is 17.0 Å². The second-order valence-electron chi connectivity index (χ2n) is 5.86. The molecule has 0 aliphatic rings. The lowest BCUT2D eigenvalue weighted by Crippen LogP contribution is -2.20. The molecule has 0 aliphatic heterocycles. The molecule has 3 rings (SSSR count). The molecule has 5 heteroatoms. The second kappa shape index (κ2) is 8.04. The maximum Gasteiger partial charge on any atom is 0.244 e. The number of rotatable bonds is 6. The molecule has 0 bridgehead atoms. The molecule has 0 spiro atoms. The second-order valence-corrected chi connectivity index (χ2v) is 5.86. The predicted molar refractivity (Wildman–Crippen MR) is 101 cm³/mol. The quantitative estimate of drug-likeness (QED) is 0.696. The van der Waals surface area contributed by atoms with Gasteiger partial charge in [-0.25, -0.2) is 0 Å². The first-order valence-electron chi connectivity index (χ1n) is 8.26. The van der Waals surface area contributed by atoms with E-state index in [0.29, 0.717) is 12.3 Å². The highest BCUT2D eigenvalue weighted by atomic mass is 16.5. The number of aryl methyl sites for hydroxylation is 1. The van der Waals surface area contributed by atoms with E-state index in [4.69, 9.17) is 10.00 Å². The normalized spacial score (nSPS) is 10.8. The predicted octanol–water partition coefficient (Wildman–Crippen LogP) is 3.41. The van der Waals surface area contributed by atoms with Gasteiger partial charge in [0.25, 0.3) is 0 Å². The van der Waals surface area contributed by atoms with Gasteiger partial charge in [0.1, 0.15) is 11.8 Å². The summed E-state index contributed by atoms with van der Waals surface area (Å²) in [6.45, 7) is 0.395. The Balaban J connectivity index is 1.62. The van der Waals surface area contributed by atoms with Crippen LogP contribution in [-0.2, 0) is 18.4 Å². The van der Waals surface area contributed by atoms with Gasteiger partial charge < -0.3 is 14.6 Å². The zero-order valence-corrected chi connectivity index (χ0v) is 14.5. The number of ether oxygens (including phenoxy) is 1. The Kier molecular flexibility index (Phi) is 5.35. The van der Waals surface area contributed by atoms with Crippen LogP contribution in [0.1, 0.15) is 11.1 Å². The average molecular weight is 345 g/mol. The Morgan fingerprint density at radius 3 is 2.96 bits per heavy atom. The first kappa shape index (κ1) is 17.3. The number of nitrogens with zero attached hydrogens (tertiary/aromatic N) is 2. The number of para-hydroxylation sites is 1. The molecule has 0 saturated heterocycles. The Morgan fingerprint density at radius 2 is 2.12 bits per heavy atom. The number of fused-ring (bicyclic) bond motifs is 1. The molecule has 0 fully saturated rings. The molecular formula is C21H19N3O2. The third-order valence-electron chi connectivity index (χ3n) is 4.01. The van der Waals surface area contributed by atoms with Crippen molar-refractivity contribution in [2.75, 3.05) is 6.61 Å². The van der Waals surface area contributed by atoms with E-state index in [9.17, 15) is 4.79 Å². The maximum absolute atomic E-state index is 12.1. The summed E-state index contributed by atoms with van der Waals surface area (Å²) in [5, 5.41) is 12.5. The van der Waals surface area contributed by atoms with Crippen LogP contribution >= 0.6 is 0 Å². The summed E-state index contributed by atoms with van der Waals surface area (Å²) in [6.07, 6.45) is 5.37. The van der Waals surface area contributed by atoms with Crippen LogP contribution in [0.5, 0.6) is 5.75 Å². The van der Waals surface area contributed by atoms with Gasteiger partial charge in [0.2, 0.25) is 5.91 Å². The molecule has 3 aromatic rings. The minimum absolute atomic E-state index is 0.00355. The summed E-state index contributed by atoms with van der Waals surface area (Å²) >= 11 is 0. The monoisotopic (exact) mass is 345 g/mol. The summed E-state index contributed by atoms with van der Waals surface area (Å²) in [5.74, 6) is 0.450. The Morgan fingerprint density at radius 1 is 1.27 bits per heavy atom. The standard InChI is InChI=1S/C21H19N3O2/c1-24-15-17(19-7-2-3-8-20(19)24)9-10-21(25)23-14-16-5-4-6-18(13-16)26-12-11-22/h2-10,13,15H,12,14H2,1H3,(H,23,25). The lowest BCUT2D eigenvalue weighted by atomic mass is 10.1. The summed E-state index contributed by atoms with van der Waals surface area (Å²) in [4.78, 5) is 12.1. The molecule has 0 radical (unpaired) electrons. The fourth-order valence-corrected chi connectivity index (χ4v) is 2.78. The molecule has 0 aliphatic carbocycles. The number of nitriles is 1. The summed E-state index contributed by atoms with van der Waals surface area (Å²) in [7, 11) is 1.99. The van der Waals surface area contributed by atoms with Crippen LogP contribution < -0.4 is 10.1 Å². The minimum atomic E-state index is -0.165. The van der Waals surface area contributed by atoms with Crippen molar-refractivity contribution < 1.29 is 9.53 Å². The van der Waals surface area contributed by atoms with Crippen LogP contribution in [0, 0.1) is 11.3 Å². The van der Waals surface area contributed by atoms with Gasteiger partial charge in [0.05, 0.1) is 0 Å². The van der Waals surface area contributed by atoms with Crippen LogP contribution in [0.15, 0.2) is 60.8 Å². The number of carbonyl (C=O) groups is 1. The van der Waals surface area contributed by atoms with E-state index < -0.39 is 0 Å². The number of amides is 1. The first-order valence-corrected chi connectivity index (χ1v) is 8.26. The average Bonchev–Trinajstić information content (AvgIpc) is 2.99. The number of aromatic nitrogens is 1. The summed E-state index contributed by atoms with van der Waals surface area (Å²) in [6, 6.07) is 17.3. The number of benzene rings is 2. The van der Waals surface area contributed by atoms with Crippen LogP contribution in [0.4, 0.5) is 0 Å². The zero-order valence-electron chi connectivity index (χ0n) is 14.5. The van der Waals surface area contributed by atoms with E-state index in [1.165, 1.54) is 6.08 Å². The van der Waals surface area contributed by atoms with Crippen molar-refractivity contribution in [3.05, 3.63) is 71.9 Å². The zero-order chi connectivity index (χ0) is 18.4. The number of hydrogen-bond acceptors (Lipinski definition) is 3. The van der Waals surface area contributed by atoms with E-state index in [-0.39, 0.29) is 12.5 Å². The molecule has 26 heavy (non-hydrogen) atoms. The molecular weight excluding hydrogens is 326 g/mol. The lowest BCUT2D eigenvalue weighted by Gasteiger charge is -2.06. The Hall–Kier alpha value is -3.52. The highest BCUT2D eigenvalue weighted by molar-refractivity contribution is 5.96. The molecule has 2 aromatic carbocycles. The molecule has 0 atom stereocenters. The van der Waals surface area contributed by atoms with E-state index >= 15 is 0 Å². The van der Waals surface area contributed by atoms with Crippen molar-refractivity contribution in [3.8, 4) is 11.8 Å². The van der Waals surface area contributed by atoms with Gasteiger partial charge >= 0.3 is 0 Å². The van der Waals surface area contributed by atoms with Crippen molar-refractivity contribution in [2.45, 2.75) is 6.54 Å². The topological polar surface area (TPSA) is 67.1 Å². The van der Waals surface area contributed by atoms with Crippen molar-refractivity contribution in [3.63, 3.8) is 0 Å². The molecule has 130 valence electrons. The van der Waals surface area contributed by atoms with Gasteiger partial charge in [-0.1, -0.05) is 30.3 Å². The van der Waals surface area contributed by atoms with Crippen molar-refractivity contribution >= 4 is 22.9 Å². The van der Waals surface area contributed by atoms with Crippen molar-refractivity contribution in [2.24, 2.45) is 7.05 Å². The van der Waals surface area contributed by atoms with Gasteiger partial charge in [-0.15, -0.1) is 0 Å². The van der Waals surface area contributed by atoms with Crippen molar-refractivity contribution in [1.82, 2.24) is 9.88 Å². The van der Waals surface area contributed by atoms with E-state index in [1.54, 1.807) is 6.07 Å². The van der Waals surface area contributed by atoms with Gasteiger partial charge in [-0.2, -0.15) is 5.26 Å². The largest absolute Gasteiger partial charge is 0.479 e. The lowest BCUT2D eigenvalue weighted by molar-refractivity contribution is -0.116. The Labute approximate surface area is 152 Å². The van der Waals surface area contributed by atoms with E-state index in [0.717, 1.165) is 22.0 Å². The van der Waals surface area contributed by atoms with E-state index in [2.05, 4.69) is 5.32 Å². The molecule has 1 amide bonds. The van der Waals surface area contributed by atoms with Gasteiger partial charge in [0, 0.05) is 42.3 Å². The maximum atomic E-state index is 12.1. The molecule has 1 aromatic heterocycles. The smallest absolute Gasteiger partial charge is 0.244 e. The highest BCUT2D eigenvalue weighted by Gasteiger charge is 2.04. The van der Waals surface area contributed by atoms with Gasteiger partial charge in [0.15, 0.2) is 6.61 Å². The number of nitrogens with one attached hydrogen (secondary N) is 1. The van der Waals surface area contributed by atoms with E-state index in [1.807, 2.05) is 72.4 Å². The molecule has 1 N–H and O–H groups in total. The fourth-order valence-electron chi connectivity index (χ4n) is 2.78. The van der Waals surface area contributed by atoms with Crippen LogP contribution in [0.2, 0.25) is 0 Å². The van der Waals surface area contributed by atoms with Crippen LogP contribution in [0.3, 0.4) is 0 Å². The summed E-state index contributed by atoms with van der Waals surface area (Å²) in [5.41, 5.74) is 3.04. The highest BCUT2D eigenvalue weighted by Crippen LogP contribution is 2.21.